The van der Waals surface area contributed by atoms with Gasteiger partial charge in [0.1, 0.15) is 17.5 Å². The number of rotatable bonds is 4. The maximum Gasteiger partial charge on any atom is 0.514 e. The van der Waals surface area contributed by atoms with Gasteiger partial charge < -0.3 is 19.3 Å². The third kappa shape index (κ3) is 7.43. The van der Waals surface area contributed by atoms with Crippen LogP contribution in [0.15, 0.2) is 24.3 Å². The molecule has 1 unspecified atom stereocenters. The number of hydrogen-bond acceptors (Lipinski definition) is 5. The highest BCUT2D eigenvalue weighted by Gasteiger charge is 2.18. The summed E-state index contributed by atoms with van der Waals surface area (Å²) in [6.45, 7) is 11.3. The van der Waals surface area contributed by atoms with Crippen molar-refractivity contribution in [2.75, 3.05) is 6.61 Å². The lowest BCUT2D eigenvalue weighted by Gasteiger charge is -2.22. The van der Waals surface area contributed by atoms with Crippen molar-refractivity contribution in [2.24, 2.45) is 0 Å². The molecule has 124 valence electrons. The Bertz CT molecular complexity index is 479. The third-order valence-electron chi connectivity index (χ3n) is 2.53. The van der Waals surface area contributed by atoms with E-state index < -0.39 is 17.9 Å². The van der Waals surface area contributed by atoms with Crippen LogP contribution in [0.4, 0.5) is 4.79 Å². The summed E-state index contributed by atoms with van der Waals surface area (Å²) in [6, 6.07) is 6.60. The van der Waals surface area contributed by atoms with Gasteiger partial charge in [-0.05, 0) is 59.2 Å². The highest BCUT2D eigenvalue weighted by molar-refractivity contribution is 5.64. The zero-order valence-corrected chi connectivity index (χ0v) is 14.2. The molecule has 1 N–H and O–H groups in total. The lowest BCUT2D eigenvalue weighted by atomic mass is 10.1. The standard InChI is InChI=1S/C17H26O5/c1-16(2,3)20-11-14(18)12-7-9-13(10-8-12)21-15(19)22-17(4,5)6/h7-10,14,18H,11H2,1-6H3. The molecule has 0 amide bonds. The largest absolute Gasteiger partial charge is 0.514 e. The summed E-state index contributed by atoms with van der Waals surface area (Å²) in [5.41, 5.74) is -0.209. The lowest BCUT2D eigenvalue weighted by molar-refractivity contribution is -0.0496. The number of carbonyl (C=O) groups excluding carboxylic acids is 1. The molecule has 0 aliphatic carbocycles. The Balaban J connectivity index is 2.57. The summed E-state index contributed by atoms with van der Waals surface area (Å²) in [5, 5.41) is 10.1. The molecular weight excluding hydrogens is 284 g/mol. The van der Waals surface area contributed by atoms with E-state index in [1.165, 1.54) is 0 Å². The van der Waals surface area contributed by atoms with Crippen molar-refractivity contribution >= 4 is 6.16 Å². The summed E-state index contributed by atoms with van der Waals surface area (Å²) in [5.74, 6) is 0.363. The number of aliphatic hydroxyl groups is 1. The Morgan fingerprint density at radius 3 is 2.05 bits per heavy atom. The topological polar surface area (TPSA) is 65.0 Å². The summed E-state index contributed by atoms with van der Waals surface area (Å²) >= 11 is 0. The second-order valence-electron chi connectivity index (χ2n) is 7.07. The second kappa shape index (κ2) is 7.11. The smallest absolute Gasteiger partial charge is 0.428 e. The molecule has 0 bridgehead atoms. The van der Waals surface area contributed by atoms with E-state index in [4.69, 9.17) is 14.2 Å². The molecule has 0 spiro atoms. The Morgan fingerprint density at radius 2 is 1.59 bits per heavy atom. The molecule has 1 rings (SSSR count). The van der Waals surface area contributed by atoms with Crippen LogP contribution in [0.3, 0.4) is 0 Å². The van der Waals surface area contributed by atoms with Crippen LogP contribution >= 0.6 is 0 Å². The van der Waals surface area contributed by atoms with Gasteiger partial charge in [-0.15, -0.1) is 0 Å². The molecule has 5 heteroatoms. The second-order valence-corrected chi connectivity index (χ2v) is 7.07. The van der Waals surface area contributed by atoms with Crippen molar-refractivity contribution < 1.29 is 24.1 Å². The van der Waals surface area contributed by atoms with Crippen molar-refractivity contribution in [3.8, 4) is 5.75 Å². The minimum atomic E-state index is -0.753. The molecule has 0 aromatic heterocycles. The van der Waals surface area contributed by atoms with Gasteiger partial charge in [0, 0.05) is 0 Å². The molecule has 0 radical (unpaired) electrons. The van der Waals surface area contributed by atoms with Gasteiger partial charge in [-0.2, -0.15) is 0 Å². The quantitative estimate of drug-likeness (QED) is 0.676. The van der Waals surface area contributed by atoms with Crippen molar-refractivity contribution in [1.29, 1.82) is 0 Å². The first-order valence-corrected chi connectivity index (χ1v) is 7.29. The normalized spacial score (nSPS) is 13.6. The highest BCUT2D eigenvalue weighted by Crippen LogP contribution is 2.21. The number of carbonyl (C=O) groups is 1. The number of benzene rings is 1. The van der Waals surface area contributed by atoms with E-state index in [1.807, 2.05) is 20.8 Å². The van der Waals surface area contributed by atoms with Crippen LogP contribution in [0.2, 0.25) is 0 Å². The van der Waals surface area contributed by atoms with Crippen molar-refractivity contribution in [2.45, 2.75) is 58.8 Å². The number of aliphatic hydroxyl groups excluding tert-OH is 1. The highest BCUT2D eigenvalue weighted by atomic mass is 16.7. The zero-order chi connectivity index (χ0) is 17.0. The molecule has 1 atom stereocenters. The van der Waals surface area contributed by atoms with Gasteiger partial charge in [0.25, 0.3) is 0 Å². The Kier molecular flexibility index (Phi) is 5.97. The third-order valence-corrected chi connectivity index (χ3v) is 2.53. The molecule has 0 saturated carbocycles. The van der Waals surface area contributed by atoms with E-state index in [1.54, 1.807) is 45.0 Å². The van der Waals surface area contributed by atoms with Gasteiger partial charge >= 0.3 is 6.16 Å². The molecule has 0 aliphatic heterocycles. The molecule has 1 aromatic carbocycles. The summed E-state index contributed by atoms with van der Waals surface area (Å²) in [6.07, 6.45) is -1.48. The minimum Gasteiger partial charge on any atom is -0.428 e. The van der Waals surface area contributed by atoms with Crippen LogP contribution in [-0.2, 0) is 9.47 Å². The van der Waals surface area contributed by atoms with Crippen LogP contribution in [0.25, 0.3) is 0 Å². The van der Waals surface area contributed by atoms with E-state index in [0.717, 1.165) is 0 Å². The molecule has 0 aliphatic rings. The van der Waals surface area contributed by atoms with E-state index in [2.05, 4.69) is 0 Å². The summed E-state index contributed by atoms with van der Waals surface area (Å²) in [4.78, 5) is 11.5. The SMILES string of the molecule is CC(C)(C)OCC(O)c1ccc(OC(=O)OC(C)(C)C)cc1. The van der Waals surface area contributed by atoms with Gasteiger partial charge in [0.15, 0.2) is 0 Å². The minimum absolute atomic E-state index is 0.204. The molecule has 5 nitrogen and oxygen atoms in total. The van der Waals surface area contributed by atoms with Gasteiger partial charge in [-0.25, -0.2) is 4.79 Å². The average Bonchev–Trinajstić information content (AvgIpc) is 2.33. The van der Waals surface area contributed by atoms with E-state index in [0.29, 0.717) is 11.3 Å². The predicted molar refractivity (Wildman–Crippen MR) is 84.0 cm³/mol. The predicted octanol–water partition coefficient (Wildman–Crippen LogP) is 3.85. The van der Waals surface area contributed by atoms with Crippen LogP contribution in [-0.4, -0.2) is 29.1 Å². The molecule has 0 saturated heterocycles. The van der Waals surface area contributed by atoms with E-state index in [9.17, 15) is 9.90 Å². The average molecular weight is 310 g/mol. The fourth-order valence-corrected chi connectivity index (χ4v) is 1.55. The van der Waals surface area contributed by atoms with Gasteiger partial charge in [0.2, 0.25) is 0 Å². The Labute approximate surface area is 132 Å². The maximum absolute atomic E-state index is 11.5. The van der Waals surface area contributed by atoms with E-state index >= 15 is 0 Å². The summed E-state index contributed by atoms with van der Waals surface area (Å²) in [7, 11) is 0. The van der Waals surface area contributed by atoms with Gasteiger partial charge in [0.05, 0.1) is 12.2 Å². The number of hydrogen-bond donors (Lipinski definition) is 1. The Hall–Kier alpha value is -1.59. The van der Waals surface area contributed by atoms with Crippen LogP contribution in [0.1, 0.15) is 53.2 Å². The van der Waals surface area contributed by atoms with Crippen molar-refractivity contribution in [1.82, 2.24) is 0 Å². The first-order valence-electron chi connectivity index (χ1n) is 7.29. The zero-order valence-electron chi connectivity index (χ0n) is 14.2. The van der Waals surface area contributed by atoms with Gasteiger partial charge in [-0.3, -0.25) is 0 Å². The first-order chi connectivity index (χ1) is 9.96. The fraction of sp³-hybridized carbons (Fsp3) is 0.588. The molecule has 0 heterocycles. The maximum atomic E-state index is 11.5. The van der Waals surface area contributed by atoms with Gasteiger partial charge in [-0.1, -0.05) is 12.1 Å². The van der Waals surface area contributed by atoms with Crippen molar-refractivity contribution in [3.05, 3.63) is 29.8 Å². The Morgan fingerprint density at radius 1 is 1.05 bits per heavy atom. The molecule has 22 heavy (non-hydrogen) atoms. The van der Waals surface area contributed by atoms with Crippen LogP contribution in [0, 0.1) is 0 Å². The van der Waals surface area contributed by atoms with Crippen LogP contribution in [0.5, 0.6) is 5.75 Å². The fourth-order valence-electron chi connectivity index (χ4n) is 1.55. The van der Waals surface area contributed by atoms with Crippen molar-refractivity contribution in [3.63, 3.8) is 0 Å². The molecular formula is C17H26O5. The summed E-state index contributed by atoms with van der Waals surface area (Å²) < 4.78 is 15.7. The monoisotopic (exact) mass is 310 g/mol. The lowest BCUT2D eigenvalue weighted by Crippen LogP contribution is -2.26. The first kappa shape index (κ1) is 18.5. The van der Waals surface area contributed by atoms with E-state index in [-0.39, 0.29) is 12.2 Å². The molecule has 0 fully saturated rings. The van der Waals surface area contributed by atoms with Crippen LogP contribution < -0.4 is 4.74 Å². The number of ether oxygens (including phenoxy) is 3. The molecule has 1 aromatic rings.